The molecule has 0 fully saturated rings. The molecule has 3 nitrogen and oxygen atoms in total. The normalized spacial score (nSPS) is 10.1. The number of hydrogen-bond acceptors (Lipinski definition) is 3. The predicted molar refractivity (Wildman–Crippen MR) is 68.1 cm³/mol. The highest BCUT2D eigenvalue weighted by molar-refractivity contribution is 7.99. The van der Waals surface area contributed by atoms with Crippen molar-refractivity contribution in [2.75, 3.05) is 5.75 Å². The number of thioether (sulfide) groups is 1. The van der Waals surface area contributed by atoms with Gasteiger partial charge in [-0.05, 0) is 37.1 Å². The Labute approximate surface area is 101 Å². The molecule has 4 heteroatoms. The summed E-state index contributed by atoms with van der Waals surface area (Å²) in [6.45, 7) is 2.12. The summed E-state index contributed by atoms with van der Waals surface area (Å²) in [6, 6.07) is 8.35. The van der Waals surface area contributed by atoms with Gasteiger partial charge in [-0.2, -0.15) is 0 Å². The Hall–Kier alpha value is -1.00. The molecular weight excluding hydrogens is 220 g/mol. The molecule has 0 aromatic heterocycles. The Bertz CT molecular complexity index is 342. The number of benzene rings is 1. The van der Waals surface area contributed by atoms with Gasteiger partial charge in [-0.15, -0.1) is 11.8 Å². The lowest BCUT2D eigenvalue weighted by molar-refractivity contribution is -0.121. The first-order valence-electron chi connectivity index (χ1n) is 5.42. The van der Waals surface area contributed by atoms with E-state index in [0.717, 1.165) is 18.6 Å². The Balaban J connectivity index is 2.17. The van der Waals surface area contributed by atoms with E-state index >= 15 is 0 Å². The van der Waals surface area contributed by atoms with Crippen molar-refractivity contribution in [3.05, 3.63) is 29.8 Å². The van der Waals surface area contributed by atoms with Gasteiger partial charge < -0.3 is 0 Å². The lowest BCUT2D eigenvalue weighted by atomic mass is 10.2. The van der Waals surface area contributed by atoms with Crippen LogP contribution >= 0.6 is 11.8 Å². The topological polar surface area (TPSA) is 55.1 Å². The third-order valence-corrected chi connectivity index (χ3v) is 3.57. The minimum Gasteiger partial charge on any atom is -0.294 e. The average molecular weight is 238 g/mol. The standard InChI is InChI=1S/C12H18N2OS/c1-10-6-2-3-7-11(10)16-9-5-4-8-12(15)14-13/h2-3,6-7H,4-5,8-9,13H2,1H3,(H,14,15). The Morgan fingerprint density at radius 3 is 2.81 bits per heavy atom. The van der Waals surface area contributed by atoms with E-state index in [1.54, 1.807) is 0 Å². The van der Waals surface area contributed by atoms with E-state index < -0.39 is 0 Å². The van der Waals surface area contributed by atoms with Crippen molar-refractivity contribution in [1.29, 1.82) is 0 Å². The zero-order chi connectivity index (χ0) is 11.8. The van der Waals surface area contributed by atoms with Crippen LogP contribution in [0.3, 0.4) is 0 Å². The molecule has 0 spiro atoms. The fourth-order valence-electron chi connectivity index (χ4n) is 1.36. The van der Waals surface area contributed by atoms with Crippen LogP contribution < -0.4 is 11.3 Å². The van der Waals surface area contributed by atoms with Gasteiger partial charge in [0.15, 0.2) is 0 Å². The molecular formula is C12H18N2OS. The lowest BCUT2D eigenvalue weighted by Crippen LogP contribution is -2.29. The molecule has 88 valence electrons. The summed E-state index contributed by atoms with van der Waals surface area (Å²) in [5.74, 6) is 5.95. The highest BCUT2D eigenvalue weighted by atomic mass is 32.2. The van der Waals surface area contributed by atoms with Gasteiger partial charge in [0.2, 0.25) is 5.91 Å². The number of nitrogens with one attached hydrogen (secondary N) is 1. The molecule has 16 heavy (non-hydrogen) atoms. The fourth-order valence-corrected chi connectivity index (χ4v) is 2.40. The second kappa shape index (κ2) is 7.30. The number of nitrogens with two attached hydrogens (primary N) is 1. The average Bonchev–Trinajstić information content (AvgIpc) is 2.30. The summed E-state index contributed by atoms with van der Waals surface area (Å²) in [7, 11) is 0. The van der Waals surface area contributed by atoms with E-state index in [4.69, 9.17) is 5.84 Å². The summed E-state index contributed by atoms with van der Waals surface area (Å²) in [4.78, 5) is 12.2. The number of hydrazine groups is 1. The molecule has 0 saturated carbocycles. The fraction of sp³-hybridized carbons (Fsp3) is 0.417. The van der Waals surface area contributed by atoms with Crippen LogP contribution in [-0.4, -0.2) is 11.7 Å². The zero-order valence-electron chi connectivity index (χ0n) is 9.53. The van der Waals surface area contributed by atoms with E-state index in [1.165, 1.54) is 10.5 Å². The van der Waals surface area contributed by atoms with E-state index in [9.17, 15) is 4.79 Å². The number of unbranched alkanes of at least 4 members (excludes halogenated alkanes) is 1. The minimum atomic E-state index is -0.0825. The van der Waals surface area contributed by atoms with Crippen LogP contribution in [0.25, 0.3) is 0 Å². The summed E-state index contributed by atoms with van der Waals surface area (Å²) in [5.41, 5.74) is 3.45. The van der Waals surface area contributed by atoms with Gasteiger partial charge in [-0.1, -0.05) is 18.2 Å². The maximum Gasteiger partial charge on any atom is 0.233 e. The minimum absolute atomic E-state index is 0.0825. The van der Waals surface area contributed by atoms with Crippen molar-refractivity contribution in [3.8, 4) is 0 Å². The van der Waals surface area contributed by atoms with Crippen molar-refractivity contribution < 1.29 is 4.79 Å². The maximum absolute atomic E-state index is 10.9. The van der Waals surface area contributed by atoms with Crippen LogP contribution in [0.2, 0.25) is 0 Å². The van der Waals surface area contributed by atoms with Crippen LogP contribution in [0.15, 0.2) is 29.2 Å². The number of aryl methyl sites for hydroxylation is 1. The molecule has 1 aromatic rings. The van der Waals surface area contributed by atoms with Crippen LogP contribution in [0.1, 0.15) is 24.8 Å². The van der Waals surface area contributed by atoms with Crippen LogP contribution in [0, 0.1) is 6.92 Å². The van der Waals surface area contributed by atoms with Crippen molar-refractivity contribution in [3.63, 3.8) is 0 Å². The molecule has 0 radical (unpaired) electrons. The summed E-state index contributed by atoms with van der Waals surface area (Å²) in [6.07, 6.45) is 2.44. The van der Waals surface area contributed by atoms with Crippen molar-refractivity contribution in [2.45, 2.75) is 31.1 Å². The highest BCUT2D eigenvalue weighted by Gasteiger charge is 2.00. The number of carbonyl (C=O) groups is 1. The molecule has 0 bridgehead atoms. The van der Waals surface area contributed by atoms with Crippen molar-refractivity contribution in [1.82, 2.24) is 5.43 Å². The molecule has 0 aliphatic heterocycles. The van der Waals surface area contributed by atoms with Gasteiger partial charge >= 0.3 is 0 Å². The maximum atomic E-state index is 10.9. The Morgan fingerprint density at radius 2 is 2.12 bits per heavy atom. The van der Waals surface area contributed by atoms with Crippen molar-refractivity contribution >= 4 is 17.7 Å². The van der Waals surface area contributed by atoms with Gasteiger partial charge in [0.05, 0.1) is 0 Å². The molecule has 0 aliphatic rings. The van der Waals surface area contributed by atoms with E-state index in [2.05, 4.69) is 30.5 Å². The second-order valence-electron chi connectivity index (χ2n) is 3.64. The smallest absolute Gasteiger partial charge is 0.233 e. The lowest BCUT2D eigenvalue weighted by Gasteiger charge is -2.04. The first-order valence-corrected chi connectivity index (χ1v) is 6.40. The predicted octanol–water partition coefficient (Wildman–Crippen LogP) is 2.25. The van der Waals surface area contributed by atoms with E-state index in [0.29, 0.717) is 6.42 Å². The third kappa shape index (κ3) is 4.68. The summed E-state index contributed by atoms with van der Waals surface area (Å²) < 4.78 is 0. The molecule has 0 aliphatic carbocycles. The Morgan fingerprint density at radius 1 is 1.38 bits per heavy atom. The van der Waals surface area contributed by atoms with Gasteiger partial charge in [0, 0.05) is 11.3 Å². The van der Waals surface area contributed by atoms with Gasteiger partial charge in [-0.3, -0.25) is 10.2 Å². The van der Waals surface area contributed by atoms with Gasteiger partial charge in [-0.25, -0.2) is 5.84 Å². The monoisotopic (exact) mass is 238 g/mol. The van der Waals surface area contributed by atoms with Crippen molar-refractivity contribution in [2.24, 2.45) is 5.84 Å². The SMILES string of the molecule is Cc1ccccc1SCCCCC(=O)NN. The van der Waals surface area contributed by atoms with Gasteiger partial charge in [0.1, 0.15) is 0 Å². The number of hydrogen-bond donors (Lipinski definition) is 2. The first-order chi connectivity index (χ1) is 7.74. The summed E-state index contributed by atoms with van der Waals surface area (Å²) in [5, 5.41) is 0. The summed E-state index contributed by atoms with van der Waals surface area (Å²) >= 11 is 1.84. The van der Waals surface area contributed by atoms with Gasteiger partial charge in [0.25, 0.3) is 0 Å². The van der Waals surface area contributed by atoms with E-state index in [-0.39, 0.29) is 5.91 Å². The highest BCUT2D eigenvalue weighted by Crippen LogP contribution is 2.22. The molecule has 3 N–H and O–H groups in total. The molecule has 0 saturated heterocycles. The van der Waals surface area contributed by atoms with E-state index in [1.807, 2.05) is 17.8 Å². The molecule has 0 atom stereocenters. The largest absolute Gasteiger partial charge is 0.294 e. The molecule has 1 rings (SSSR count). The van der Waals surface area contributed by atoms with Crippen LogP contribution in [0.5, 0.6) is 0 Å². The number of amides is 1. The molecule has 0 unspecified atom stereocenters. The zero-order valence-corrected chi connectivity index (χ0v) is 10.3. The Kier molecular flexibility index (Phi) is 5.96. The quantitative estimate of drug-likeness (QED) is 0.263. The number of rotatable bonds is 6. The first kappa shape index (κ1) is 13.1. The molecule has 1 amide bonds. The molecule has 1 aromatic carbocycles. The third-order valence-electron chi connectivity index (χ3n) is 2.31. The second-order valence-corrected chi connectivity index (χ2v) is 4.78. The van der Waals surface area contributed by atoms with Crippen LogP contribution in [-0.2, 0) is 4.79 Å². The number of carbonyl (C=O) groups excluding carboxylic acids is 1. The molecule has 0 heterocycles. The van der Waals surface area contributed by atoms with Crippen LogP contribution in [0.4, 0.5) is 0 Å².